The number of carbonyl (C=O) groups is 2. The third-order valence-corrected chi connectivity index (χ3v) is 2.17. The fourth-order valence-electron chi connectivity index (χ4n) is 1.55. The maximum atomic E-state index is 10.6. The van der Waals surface area contributed by atoms with Gasteiger partial charge in [0.25, 0.3) is 0 Å². The monoisotopic (exact) mass is 173 g/mol. The lowest BCUT2D eigenvalue weighted by atomic mass is 10.2. The Morgan fingerprint density at radius 3 is 2.25 bits per heavy atom. The zero-order valence-corrected chi connectivity index (χ0v) is 6.73. The molecule has 0 aromatic rings. The van der Waals surface area contributed by atoms with Gasteiger partial charge in [0.2, 0.25) is 0 Å². The van der Waals surface area contributed by atoms with Gasteiger partial charge in [-0.3, -0.25) is 4.90 Å². The van der Waals surface area contributed by atoms with Crippen LogP contribution in [0, 0.1) is 0 Å². The summed E-state index contributed by atoms with van der Waals surface area (Å²) in [6.07, 6.45) is -0.0982. The molecule has 5 nitrogen and oxygen atoms in total. The van der Waals surface area contributed by atoms with Crippen LogP contribution in [0.2, 0.25) is 0 Å². The van der Waals surface area contributed by atoms with Crippen molar-refractivity contribution in [3.63, 3.8) is 0 Å². The van der Waals surface area contributed by atoms with E-state index in [9.17, 15) is 9.59 Å². The Hall–Kier alpha value is -1.26. The van der Waals surface area contributed by atoms with Crippen LogP contribution < -0.4 is 0 Å². The third-order valence-electron chi connectivity index (χ3n) is 2.17. The van der Waals surface area contributed by atoms with Gasteiger partial charge < -0.3 is 10.2 Å². The molecule has 2 unspecified atom stereocenters. The highest BCUT2D eigenvalue weighted by molar-refractivity contribution is 5.80. The van der Waals surface area contributed by atoms with E-state index in [0.717, 1.165) is 4.90 Å². The van der Waals surface area contributed by atoms with Crippen LogP contribution in [0.25, 0.3) is 0 Å². The van der Waals surface area contributed by atoms with Crippen molar-refractivity contribution in [2.45, 2.75) is 31.8 Å². The molecule has 2 N–H and O–H groups in total. The molecule has 1 aliphatic rings. The first kappa shape index (κ1) is 8.83. The number of hydrogen-bond acceptors (Lipinski definition) is 2. The molecule has 0 aromatic heterocycles. The van der Waals surface area contributed by atoms with Crippen molar-refractivity contribution in [3.8, 4) is 0 Å². The molecule has 1 saturated heterocycles. The molecule has 1 aliphatic heterocycles. The molecule has 1 heterocycles. The molecular formula is C7H11NO4. The molecule has 0 bridgehead atoms. The maximum Gasteiger partial charge on any atom is 0.408 e. The Balaban J connectivity index is 2.77. The van der Waals surface area contributed by atoms with Crippen molar-refractivity contribution in [3.05, 3.63) is 0 Å². The second-order valence-electron chi connectivity index (χ2n) is 2.97. The first-order valence-corrected chi connectivity index (χ1v) is 3.78. The van der Waals surface area contributed by atoms with Crippen LogP contribution in [0.5, 0.6) is 0 Å². The molecule has 0 radical (unpaired) electrons. The molecule has 0 spiro atoms. The quantitative estimate of drug-likeness (QED) is 0.608. The summed E-state index contributed by atoms with van der Waals surface area (Å²) in [6.45, 7) is 1.72. The fourth-order valence-corrected chi connectivity index (χ4v) is 1.55. The Kier molecular flexibility index (Phi) is 2.21. The fraction of sp³-hybridized carbons (Fsp3) is 0.714. The second-order valence-corrected chi connectivity index (χ2v) is 2.97. The summed E-state index contributed by atoms with van der Waals surface area (Å²) in [4.78, 5) is 22.1. The van der Waals surface area contributed by atoms with Crippen molar-refractivity contribution < 1.29 is 19.8 Å². The summed E-state index contributed by atoms with van der Waals surface area (Å²) in [5, 5.41) is 17.3. The largest absolute Gasteiger partial charge is 0.480 e. The van der Waals surface area contributed by atoms with Gasteiger partial charge in [-0.15, -0.1) is 0 Å². The van der Waals surface area contributed by atoms with Gasteiger partial charge in [-0.2, -0.15) is 0 Å². The average molecular weight is 173 g/mol. The summed E-state index contributed by atoms with van der Waals surface area (Å²) in [5.74, 6) is -1.05. The van der Waals surface area contributed by atoms with Crippen LogP contribution in [0.1, 0.15) is 19.8 Å². The van der Waals surface area contributed by atoms with Gasteiger partial charge in [-0.05, 0) is 19.8 Å². The highest BCUT2D eigenvalue weighted by atomic mass is 16.4. The van der Waals surface area contributed by atoms with Crippen LogP contribution in [0.15, 0.2) is 0 Å². The second kappa shape index (κ2) is 3.00. The summed E-state index contributed by atoms with van der Waals surface area (Å²) >= 11 is 0. The minimum Gasteiger partial charge on any atom is -0.480 e. The first-order chi connectivity index (χ1) is 5.54. The number of carboxylic acid groups (broad SMARTS) is 2. The minimum absolute atomic E-state index is 0.177. The van der Waals surface area contributed by atoms with Gasteiger partial charge in [0, 0.05) is 6.04 Å². The molecule has 1 fully saturated rings. The van der Waals surface area contributed by atoms with Gasteiger partial charge in [0.05, 0.1) is 0 Å². The van der Waals surface area contributed by atoms with Crippen LogP contribution >= 0.6 is 0 Å². The molecule has 0 aromatic carbocycles. The molecule has 1 rings (SSSR count). The molecule has 5 heteroatoms. The zero-order valence-electron chi connectivity index (χ0n) is 6.73. The first-order valence-electron chi connectivity index (χ1n) is 3.78. The standard InChI is InChI=1S/C7H11NO4/c1-4-2-3-5(6(9)10)8(4)7(11)12/h4-5H,2-3H2,1H3,(H,9,10)(H,11,12). The smallest absolute Gasteiger partial charge is 0.408 e. The van der Waals surface area contributed by atoms with Crippen LogP contribution in [0.3, 0.4) is 0 Å². The molecule has 2 atom stereocenters. The molecule has 0 saturated carbocycles. The van der Waals surface area contributed by atoms with E-state index >= 15 is 0 Å². The lowest BCUT2D eigenvalue weighted by Gasteiger charge is -2.21. The predicted octanol–water partition coefficient (Wildman–Crippen LogP) is 0.602. The molecule has 0 aliphatic carbocycles. The minimum atomic E-state index is -1.15. The Morgan fingerprint density at radius 1 is 1.33 bits per heavy atom. The summed E-state index contributed by atoms with van der Waals surface area (Å²) in [7, 11) is 0. The summed E-state index contributed by atoms with van der Waals surface area (Å²) in [5.41, 5.74) is 0. The van der Waals surface area contributed by atoms with Gasteiger partial charge in [0.1, 0.15) is 6.04 Å². The lowest BCUT2D eigenvalue weighted by Crippen LogP contribution is -2.43. The van der Waals surface area contributed by atoms with E-state index in [4.69, 9.17) is 10.2 Å². The van der Waals surface area contributed by atoms with E-state index in [0.29, 0.717) is 12.8 Å². The van der Waals surface area contributed by atoms with Crippen molar-refractivity contribution >= 4 is 12.1 Å². The highest BCUT2D eigenvalue weighted by Crippen LogP contribution is 2.23. The predicted molar refractivity (Wildman–Crippen MR) is 40.0 cm³/mol. The zero-order chi connectivity index (χ0) is 9.30. The summed E-state index contributed by atoms with van der Waals surface area (Å²) < 4.78 is 0. The van der Waals surface area contributed by atoms with E-state index in [-0.39, 0.29) is 6.04 Å². The van der Waals surface area contributed by atoms with E-state index in [1.54, 1.807) is 6.92 Å². The molecule has 12 heavy (non-hydrogen) atoms. The van der Waals surface area contributed by atoms with Gasteiger partial charge in [-0.1, -0.05) is 0 Å². The normalized spacial score (nSPS) is 28.9. The Morgan fingerprint density at radius 2 is 1.92 bits per heavy atom. The highest BCUT2D eigenvalue weighted by Gasteiger charge is 2.38. The summed E-state index contributed by atoms with van der Waals surface area (Å²) in [6, 6.07) is -1.03. The van der Waals surface area contributed by atoms with Crippen molar-refractivity contribution in [1.29, 1.82) is 0 Å². The van der Waals surface area contributed by atoms with Crippen LogP contribution in [-0.2, 0) is 4.79 Å². The van der Waals surface area contributed by atoms with E-state index in [2.05, 4.69) is 0 Å². The number of hydrogen-bond donors (Lipinski definition) is 2. The van der Waals surface area contributed by atoms with E-state index < -0.39 is 18.1 Å². The van der Waals surface area contributed by atoms with E-state index in [1.807, 2.05) is 0 Å². The molecule has 68 valence electrons. The average Bonchev–Trinajstić information content (AvgIpc) is 2.30. The van der Waals surface area contributed by atoms with E-state index in [1.165, 1.54) is 0 Å². The Bertz CT molecular complexity index is 215. The number of amides is 1. The number of aliphatic carboxylic acids is 1. The topological polar surface area (TPSA) is 77.8 Å². The maximum absolute atomic E-state index is 10.6. The number of likely N-dealkylation sites (tertiary alicyclic amines) is 1. The van der Waals surface area contributed by atoms with Crippen molar-refractivity contribution in [2.75, 3.05) is 0 Å². The van der Waals surface area contributed by atoms with Gasteiger partial charge in [-0.25, -0.2) is 9.59 Å². The Labute approximate surface area is 69.6 Å². The SMILES string of the molecule is CC1CCC(C(=O)O)N1C(=O)O. The third kappa shape index (κ3) is 1.34. The molecule has 1 amide bonds. The van der Waals surface area contributed by atoms with Crippen molar-refractivity contribution in [2.24, 2.45) is 0 Å². The number of rotatable bonds is 1. The van der Waals surface area contributed by atoms with Gasteiger partial charge in [0.15, 0.2) is 0 Å². The lowest BCUT2D eigenvalue weighted by molar-refractivity contribution is -0.141. The van der Waals surface area contributed by atoms with Gasteiger partial charge >= 0.3 is 12.1 Å². The number of nitrogens with zero attached hydrogens (tertiary/aromatic N) is 1. The number of carboxylic acids is 1. The van der Waals surface area contributed by atoms with Crippen LogP contribution in [-0.4, -0.2) is 39.3 Å². The van der Waals surface area contributed by atoms with Crippen molar-refractivity contribution in [1.82, 2.24) is 4.90 Å². The molecular weight excluding hydrogens is 162 g/mol. The van der Waals surface area contributed by atoms with Crippen LogP contribution in [0.4, 0.5) is 4.79 Å².